The monoisotopic (exact) mass is 279 g/mol. The molecular formula is C12H13N3O3S. The zero-order valence-corrected chi connectivity index (χ0v) is 10.8. The summed E-state index contributed by atoms with van der Waals surface area (Å²) in [5, 5.41) is 4.62. The van der Waals surface area contributed by atoms with Crippen molar-refractivity contribution in [1.29, 1.82) is 0 Å². The summed E-state index contributed by atoms with van der Waals surface area (Å²) in [6, 6.07) is 7.39. The van der Waals surface area contributed by atoms with Crippen LogP contribution in [-0.4, -0.2) is 29.5 Å². The van der Waals surface area contributed by atoms with Gasteiger partial charge in [-0.1, -0.05) is 12.1 Å². The number of thioether (sulfide) groups is 1. The van der Waals surface area contributed by atoms with E-state index in [9.17, 15) is 14.4 Å². The Kier molecular flexibility index (Phi) is 4.06. The van der Waals surface area contributed by atoms with Crippen molar-refractivity contribution in [2.75, 3.05) is 11.9 Å². The molecule has 7 heteroatoms. The van der Waals surface area contributed by atoms with Gasteiger partial charge in [0.15, 0.2) is 0 Å². The van der Waals surface area contributed by atoms with Gasteiger partial charge in [0.05, 0.1) is 17.5 Å². The SMILES string of the molecule is NC(=O)CNC(=O)C[C@H]1Sc2ccccc2NC1=O. The summed E-state index contributed by atoms with van der Waals surface area (Å²) in [6.45, 7) is -0.214. The van der Waals surface area contributed by atoms with Crippen LogP contribution in [0, 0.1) is 0 Å². The summed E-state index contributed by atoms with van der Waals surface area (Å²) >= 11 is 1.34. The van der Waals surface area contributed by atoms with Crippen molar-refractivity contribution in [3.8, 4) is 0 Å². The van der Waals surface area contributed by atoms with Crippen molar-refractivity contribution >= 4 is 35.2 Å². The van der Waals surface area contributed by atoms with Gasteiger partial charge in [-0.05, 0) is 12.1 Å². The van der Waals surface area contributed by atoms with Crippen LogP contribution in [0.2, 0.25) is 0 Å². The molecule has 0 radical (unpaired) electrons. The van der Waals surface area contributed by atoms with Crippen molar-refractivity contribution in [3.63, 3.8) is 0 Å². The minimum absolute atomic E-state index is 0.0120. The molecule has 1 aliphatic rings. The molecule has 0 aliphatic carbocycles. The number of hydrogen-bond acceptors (Lipinski definition) is 4. The van der Waals surface area contributed by atoms with Gasteiger partial charge in [0, 0.05) is 11.3 Å². The lowest BCUT2D eigenvalue weighted by Crippen LogP contribution is -2.38. The predicted octanol–water partition coefficient (Wildman–Crippen LogP) is 0.0910. The first kappa shape index (κ1) is 13.4. The highest BCUT2D eigenvalue weighted by atomic mass is 32.2. The molecule has 1 aromatic rings. The molecule has 19 heavy (non-hydrogen) atoms. The van der Waals surface area contributed by atoms with Gasteiger partial charge in [0.25, 0.3) is 0 Å². The summed E-state index contributed by atoms with van der Waals surface area (Å²) < 4.78 is 0. The van der Waals surface area contributed by atoms with Crippen LogP contribution in [-0.2, 0) is 14.4 Å². The van der Waals surface area contributed by atoms with Gasteiger partial charge < -0.3 is 16.4 Å². The fourth-order valence-electron chi connectivity index (χ4n) is 1.65. The molecule has 0 saturated heterocycles. The fourth-order valence-corrected chi connectivity index (χ4v) is 2.76. The molecule has 3 amide bonds. The smallest absolute Gasteiger partial charge is 0.238 e. The highest BCUT2D eigenvalue weighted by Crippen LogP contribution is 2.36. The van der Waals surface area contributed by atoms with Crippen LogP contribution in [0.4, 0.5) is 5.69 Å². The zero-order chi connectivity index (χ0) is 13.8. The molecule has 1 aliphatic heterocycles. The number of carbonyl (C=O) groups excluding carboxylic acids is 3. The lowest BCUT2D eigenvalue weighted by atomic mass is 10.2. The largest absolute Gasteiger partial charge is 0.368 e. The zero-order valence-electron chi connectivity index (χ0n) is 10.0. The second-order valence-electron chi connectivity index (χ2n) is 4.04. The van der Waals surface area contributed by atoms with Crippen molar-refractivity contribution < 1.29 is 14.4 Å². The molecule has 1 atom stereocenters. The van der Waals surface area contributed by atoms with E-state index in [0.29, 0.717) is 0 Å². The molecule has 2 rings (SSSR count). The number of benzene rings is 1. The third kappa shape index (κ3) is 3.47. The minimum atomic E-state index is -0.612. The Morgan fingerprint density at radius 2 is 2.11 bits per heavy atom. The Bertz CT molecular complexity index is 533. The number of fused-ring (bicyclic) bond motifs is 1. The van der Waals surface area contributed by atoms with Gasteiger partial charge in [-0.25, -0.2) is 0 Å². The predicted molar refractivity (Wildman–Crippen MR) is 71.5 cm³/mol. The van der Waals surface area contributed by atoms with Gasteiger partial charge in [0.2, 0.25) is 17.7 Å². The summed E-state index contributed by atoms with van der Waals surface area (Å²) in [4.78, 5) is 34.9. The number of rotatable bonds is 4. The first-order valence-corrected chi connectivity index (χ1v) is 6.56. The number of primary amides is 1. The maximum Gasteiger partial charge on any atom is 0.238 e. The normalized spacial score (nSPS) is 17.3. The summed E-state index contributed by atoms with van der Waals surface area (Å²) in [6.07, 6.45) is 0.0120. The Morgan fingerprint density at radius 3 is 2.84 bits per heavy atom. The number of nitrogens with two attached hydrogens (primary N) is 1. The fraction of sp³-hybridized carbons (Fsp3) is 0.250. The Hall–Kier alpha value is -2.02. The average Bonchev–Trinajstić information content (AvgIpc) is 2.37. The maximum absolute atomic E-state index is 11.8. The molecule has 100 valence electrons. The highest BCUT2D eigenvalue weighted by Gasteiger charge is 2.28. The highest BCUT2D eigenvalue weighted by molar-refractivity contribution is 8.01. The summed E-state index contributed by atoms with van der Waals surface area (Å²) in [5.41, 5.74) is 5.68. The van der Waals surface area contributed by atoms with Crippen molar-refractivity contribution in [1.82, 2.24) is 5.32 Å². The van der Waals surface area contributed by atoms with E-state index in [-0.39, 0.29) is 24.8 Å². The maximum atomic E-state index is 11.8. The van der Waals surface area contributed by atoms with Gasteiger partial charge >= 0.3 is 0 Å². The standard InChI is InChI=1S/C12H13N3O3S/c13-10(16)6-14-11(17)5-9-12(18)15-7-3-1-2-4-8(7)19-9/h1-4,9H,5-6H2,(H2,13,16)(H,14,17)(H,15,18)/t9-/m1/s1. The first-order chi connectivity index (χ1) is 9.06. The van der Waals surface area contributed by atoms with E-state index in [0.717, 1.165) is 10.6 Å². The van der Waals surface area contributed by atoms with Crippen LogP contribution >= 0.6 is 11.8 Å². The van der Waals surface area contributed by atoms with Crippen molar-refractivity contribution in [2.45, 2.75) is 16.6 Å². The topological polar surface area (TPSA) is 101 Å². The number of para-hydroxylation sites is 1. The number of hydrogen-bond donors (Lipinski definition) is 3. The van der Waals surface area contributed by atoms with Crippen LogP contribution in [0.15, 0.2) is 29.2 Å². The molecule has 4 N–H and O–H groups in total. The van der Waals surface area contributed by atoms with Gasteiger partial charge in [0.1, 0.15) is 0 Å². The lowest BCUT2D eigenvalue weighted by molar-refractivity contribution is -0.126. The number of anilines is 1. The van der Waals surface area contributed by atoms with E-state index >= 15 is 0 Å². The molecule has 6 nitrogen and oxygen atoms in total. The van der Waals surface area contributed by atoms with E-state index in [1.807, 2.05) is 24.3 Å². The molecule has 0 spiro atoms. The van der Waals surface area contributed by atoms with E-state index in [2.05, 4.69) is 10.6 Å². The van der Waals surface area contributed by atoms with Gasteiger partial charge in [-0.3, -0.25) is 14.4 Å². The number of nitrogens with one attached hydrogen (secondary N) is 2. The Morgan fingerprint density at radius 1 is 1.37 bits per heavy atom. The molecule has 0 aromatic heterocycles. The van der Waals surface area contributed by atoms with Gasteiger partial charge in [-0.2, -0.15) is 0 Å². The van der Waals surface area contributed by atoms with Crippen LogP contribution in [0.1, 0.15) is 6.42 Å². The van der Waals surface area contributed by atoms with E-state index < -0.39 is 11.2 Å². The Labute approximate surface area is 114 Å². The van der Waals surface area contributed by atoms with Crippen LogP contribution in [0.3, 0.4) is 0 Å². The second-order valence-corrected chi connectivity index (χ2v) is 5.28. The van der Waals surface area contributed by atoms with E-state index in [1.165, 1.54) is 11.8 Å². The average molecular weight is 279 g/mol. The second kappa shape index (κ2) is 5.75. The third-order valence-electron chi connectivity index (χ3n) is 2.54. The Balaban J connectivity index is 1.97. The van der Waals surface area contributed by atoms with Crippen molar-refractivity contribution in [2.24, 2.45) is 5.73 Å². The van der Waals surface area contributed by atoms with E-state index in [1.54, 1.807) is 0 Å². The van der Waals surface area contributed by atoms with Gasteiger partial charge in [-0.15, -0.1) is 11.8 Å². The lowest BCUT2D eigenvalue weighted by Gasteiger charge is -2.23. The molecule has 0 unspecified atom stereocenters. The quantitative estimate of drug-likeness (QED) is 0.727. The van der Waals surface area contributed by atoms with Crippen LogP contribution in [0.5, 0.6) is 0 Å². The molecular weight excluding hydrogens is 266 g/mol. The molecule has 1 heterocycles. The summed E-state index contributed by atoms with van der Waals surface area (Å²) in [7, 11) is 0. The molecule has 0 fully saturated rings. The number of carbonyl (C=O) groups is 3. The van der Waals surface area contributed by atoms with Crippen LogP contribution < -0.4 is 16.4 Å². The minimum Gasteiger partial charge on any atom is -0.368 e. The third-order valence-corrected chi connectivity index (χ3v) is 3.81. The summed E-state index contributed by atoms with van der Waals surface area (Å²) in [5.74, 6) is -1.19. The van der Waals surface area contributed by atoms with E-state index in [4.69, 9.17) is 5.73 Å². The number of amides is 3. The first-order valence-electron chi connectivity index (χ1n) is 5.68. The molecule has 0 bridgehead atoms. The molecule has 0 saturated carbocycles. The van der Waals surface area contributed by atoms with Crippen LogP contribution in [0.25, 0.3) is 0 Å². The van der Waals surface area contributed by atoms with Crippen molar-refractivity contribution in [3.05, 3.63) is 24.3 Å². The molecule has 1 aromatic carbocycles.